The van der Waals surface area contributed by atoms with E-state index in [0.29, 0.717) is 23.8 Å². The summed E-state index contributed by atoms with van der Waals surface area (Å²) >= 11 is 0. The molecule has 6 heteroatoms. The topological polar surface area (TPSA) is 84.7 Å². The Morgan fingerprint density at radius 2 is 1.78 bits per heavy atom. The van der Waals surface area contributed by atoms with Crippen LogP contribution in [0, 0.1) is 5.92 Å². The summed E-state index contributed by atoms with van der Waals surface area (Å²) in [5.41, 5.74) is 6.57. The normalized spacial score (nSPS) is 23.6. The standard InChI is InChI=1S/C21H31N3O3/c1-14-4-3-5-15(2)24(14)20(25)13-27-18-10-8-17(9-11-18)21(26)23-12-19(22)16-6-7-16/h8-11,14-16,19H,3-7,12-13,22H2,1-2H3,(H,23,26). The van der Waals surface area contributed by atoms with Gasteiger partial charge in [-0.25, -0.2) is 0 Å². The molecule has 0 bridgehead atoms. The second-order valence-electron chi connectivity index (χ2n) is 7.95. The number of piperidine rings is 1. The third-order valence-corrected chi connectivity index (χ3v) is 5.69. The number of carbonyl (C=O) groups is 2. The van der Waals surface area contributed by atoms with Crippen molar-refractivity contribution in [2.75, 3.05) is 13.2 Å². The highest BCUT2D eigenvalue weighted by Gasteiger charge is 2.29. The van der Waals surface area contributed by atoms with E-state index in [0.717, 1.165) is 25.7 Å². The van der Waals surface area contributed by atoms with Crippen LogP contribution in [0.5, 0.6) is 5.75 Å². The van der Waals surface area contributed by atoms with E-state index in [4.69, 9.17) is 10.5 Å². The maximum atomic E-state index is 12.5. The first-order valence-electron chi connectivity index (χ1n) is 10.0. The van der Waals surface area contributed by atoms with Crippen LogP contribution in [0.3, 0.4) is 0 Å². The van der Waals surface area contributed by atoms with Gasteiger partial charge in [-0.15, -0.1) is 0 Å². The monoisotopic (exact) mass is 373 g/mol. The highest BCUT2D eigenvalue weighted by molar-refractivity contribution is 5.94. The van der Waals surface area contributed by atoms with Crippen molar-refractivity contribution in [2.24, 2.45) is 11.7 Å². The van der Waals surface area contributed by atoms with Gasteiger partial charge in [-0.05, 0) is 76.1 Å². The average Bonchev–Trinajstić information content (AvgIpc) is 3.50. The van der Waals surface area contributed by atoms with Gasteiger partial charge in [-0.2, -0.15) is 0 Å². The zero-order chi connectivity index (χ0) is 19.4. The quantitative estimate of drug-likeness (QED) is 0.768. The molecule has 0 radical (unpaired) electrons. The first-order valence-corrected chi connectivity index (χ1v) is 10.0. The van der Waals surface area contributed by atoms with E-state index in [9.17, 15) is 9.59 Å². The Kier molecular flexibility index (Phi) is 6.37. The number of nitrogens with two attached hydrogens (primary N) is 1. The van der Waals surface area contributed by atoms with E-state index < -0.39 is 0 Å². The minimum atomic E-state index is -0.135. The molecule has 1 aromatic rings. The number of ether oxygens (including phenoxy) is 1. The summed E-state index contributed by atoms with van der Waals surface area (Å²) in [6, 6.07) is 7.45. The second-order valence-corrected chi connectivity index (χ2v) is 7.95. The number of carbonyl (C=O) groups excluding carboxylic acids is 2. The van der Waals surface area contributed by atoms with Gasteiger partial charge in [0, 0.05) is 30.2 Å². The summed E-state index contributed by atoms with van der Waals surface area (Å²) in [7, 11) is 0. The molecular formula is C21H31N3O3. The molecule has 1 saturated carbocycles. The molecule has 6 nitrogen and oxygen atoms in total. The Hall–Kier alpha value is -2.08. The fourth-order valence-electron chi connectivity index (χ4n) is 3.84. The lowest BCUT2D eigenvalue weighted by atomic mass is 9.97. The van der Waals surface area contributed by atoms with Crippen LogP contribution in [-0.4, -0.2) is 48.0 Å². The van der Waals surface area contributed by atoms with Crippen LogP contribution in [0.4, 0.5) is 0 Å². The fraction of sp³-hybridized carbons (Fsp3) is 0.619. The van der Waals surface area contributed by atoms with E-state index >= 15 is 0 Å². The fourth-order valence-corrected chi connectivity index (χ4v) is 3.84. The number of nitrogens with zero attached hydrogens (tertiary/aromatic N) is 1. The number of rotatable bonds is 7. The van der Waals surface area contributed by atoms with Crippen molar-refractivity contribution in [3.63, 3.8) is 0 Å². The molecule has 3 unspecified atom stereocenters. The SMILES string of the molecule is CC1CCCC(C)N1C(=O)COc1ccc(C(=O)NCC(N)C2CC2)cc1. The van der Waals surface area contributed by atoms with E-state index in [1.54, 1.807) is 24.3 Å². The summed E-state index contributed by atoms with van der Waals surface area (Å²) in [4.78, 5) is 26.6. The Morgan fingerprint density at radius 1 is 1.15 bits per heavy atom. The van der Waals surface area contributed by atoms with Crippen molar-refractivity contribution in [3.8, 4) is 5.75 Å². The molecule has 3 rings (SSSR count). The van der Waals surface area contributed by atoms with E-state index in [1.165, 1.54) is 6.42 Å². The first-order chi connectivity index (χ1) is 13.0. The van der Waals surface area contributed by atoms with Crippen LogP contribution in [0.2, 0.25) is 0 Å². The highest BCUT2D eigenvalue weighted by atomic mass is 16.5. The lowest BCUT2D eigenvalue weighted by Gasteiger charge is -2.38. The summed E-state index contributed by atoms with van der Waals surface area (Å²) in [6.45, 7) is 4.71. The number of likely N-dealkylation sites (tertiary alicyclic amines) is 1. The van der Waals surface area contributed by atoms with Crippen molar-refractivity contribution < 1.29 is 14.3 Å². The number of nitrogens with one attached hydrogen (secondary N) is 1. The van der Waals surface area contributed by atoms with Gasteiger partial charge >= 0.3 is 0 Å². The molecule has 1 aliphatic carbocycles. The molecule has 148 valence electrons. The van der Waals surface area contributed by atoms with Gasteiger partial charge in [0.15, 0.2) is 6.61 Å². The molecule has 3 atom stereocenters. The Labute approximate surface area is 161 Å². The minimum absolute atomic E-state index is 0.0191. The van der Waals surface area contributed by atoms with Gasteiger partial charge < -0.3 is 20.7 Å². The molecule has 1 heterocycles. The molecule has 27 heavy (non-hydrogen) atoms. The molecule has 0 spiro atoms. The maximum absolute atomic E-state index is 12.5. The van der Waals surface area contributed by atoms with Gasteiger partial charge in [0.25, 0.3) is 11.8 Å². The summed E-state index contributed by atoms with van der Waals surface area (Å²) in [6.07, 6.45) is 5.59. The van der Waals surface area contributed by atoms with E-state index in [2.05, 4.69) is 19.2 Å². The predicted octanol–water partition coefficient (Wildman–Crippen LogP) is 2.32. The summed E-state index contributed by atoms with van der Waals surface area (Å²) in [5.74, 6) is 1.03. The van der Waals surface area contributed by atoms with Crippen molar-refractivity contribution in [1.82, 2.24) is 10.2 Å². The van der Waals surface area contributed by atoms with Crippen molar-refractivity contribution in [3.05, 3.63) is 29.8 Å². The predicted molar refractivity (Wildman–Crippen MR) is 105 cm³/mol. The number of hydrogen-bond acceptors (Lipinski definition) is 4. The highest BCUT2D eigenvalue weighted by Crippen LogP contribution is 2.31. The third kappa shape index (κ3) is 5.22. The molecule has 2 fully saturated rings. The van der Waals surface area contributed by atoms with Gasteiger partial charge in [-0.3, -0.25) is 9.59 Å². The molecule has 2 amide bonds. The van der Waals surface area contributed by atoms with Crippen LogP contribution in [0.1, 0.15) is 56.3 Å². The van der Waals surface area contributed by atoms with E-state index in [-0.39, 0.29) is 36.5 Å². The molecule has 1 aromatic carbocycles. The van der Waals surface area contributed by atoms with E-state index in [1.807, 2.05) is 4.90 Å². The van der Waals surface area contributed by atoms with Gasteiger partial charge in [0.05, 0.1) is 0 Å². The van der Waals surface area contributed by atoms with Crippen LogP contribution < -0.4 is 15.8 Å². The lowest BCUT2D eigenvalue weighted by molar-refractivity contribution is -0.139. The van der Waals surface area contributed by atoms with Crippen LogP contribution in [-0.2, 0) is 4.79 Å². The number of benzene rings is 1. The maximum Gasteiger partial charge on any atom is 0.260 e. The zero-order valence-corrected chi connectivity index (χ0v) is 16.3. The molecule has 1 saturated heterocycles. The smallest absolute Gasteiger partial charge is 0.260 e. The number of hydrogen-bond donors (Lipinski definition) is 2. The van der Waals surface area contributed by atoms with Gasteiger partial charge in [-0.1, -0.05) is 0 Å². The molecule has 1 aliphatic heterocycles. The van der Waals surface area contributed by atoms with Gasteiger partial charge in [0.1, 0.15) is 5.75 Å². The summed E-state index contributed by atoms with van der Waals surface area (Å²) in [5, 5.41) is 2.88. The number of amides is 2. The Morgan fingerprint density at radius 3 is 2.37 bits per heavy atom. The lowest BCUT2D eigenvalue weighted by Crippen LogP contribution is -2.49. The Bertz CT molecular complexity index is 647. The van der Waals surface area contributed by atoms with Gasteiger partial charge in [0.2, 0.25) is 0 Å². The van der Waals surface area contributed by atoms with Crippen LogP contribution in [0.25, 0.3) is 0 Å². The van der Waals surface area contributed by atoms with Crippen LogP contribution >= 0.6 is 0 Å². The first kappa shape index (κ1) is 19.7. The molecule has 2 aliphatic rings. The van der Waals surface area contributed by atoms with Crippen molar-refractivity contribution in [2.45, 2.75) is 64.1 Å². The second kappa shape index (κ2) is 8.74. The van der Waals surface area contributed by atoms with Crippen LogP contribution in [0.15, 0.2) is 24.3 Å². The molecule has 0 aromatic heterocycles. The third-order valence-electron chi connectivity index (χ3n) is 5.69. The molecule has 3 N–H and O–H groups in total. The van der Waals surface area contributed by atoms with Crippen molar-refractivity contribution >= 4 is 11.8 Å². The molecular weight excluding hydrogens is 342 g/mol. The largest absolute Gasteiger partial charge is 0.484 e. The van der Waals surface area contributed by atoms with Crippen molar-refractivity contribution in [1.29, 1.82) is 0 Å². The minimum Gasteiger partial charge on any atom is -0.484 e. The Balaban J connectivity index is 1.47. The average molecular weight is 373 g/mol. The zero-order valence-electron chi connectivity index (χ0n) is 16.3. The summed E-state index contributed by atoms with van der Waals surface area (Å²) < 4.78 is 5.65.